The van der Waals surface area contributed by atoms with Gasteiger partial charge < -0.3 is 25.1 Å². The van der Waals surface area contributed by atoms with Crippen molar-refractivity contribution in [3.05, 3.63) is 71.9 Å². The van der Waals surface area contributed by atoms with Crippen LogP contribution in [-0.4, -0.2) is 28.1 Å². The molecular weight excluding hydrogens is 344 g/mol. The molecular formula is C20H18N4O3. The Hall–Kier alpha value is -3.74. The van der Waals surface area contributed by atoms with Crippen LogP contribution in [0.15, 0.2) is 64.6 Å². The molecule has 3 heterocycles. The minimum absolute atomic E-state index is 0.0180. The number of nitrogens with one attached hydrogen (secondary N) is 1. The van der Waals surface area contributed by atoms with Gasteiger partial charge in [-0.15, -0.1) is 0 Å². The quantitative estimate of drug-likeness (QED) is 0.218. The Morgan fingerprint density at radius 2 is 2.19 bits per heavy atom. The lowest BCUT2D eigenvalue weighted by atomic mass is 10.0. The molecule has 0 fully saturated rings. The first-order chi connectivity index (χ1) is 13.2. The Morgan fingerprint density at radius 3 is 2.93 bits per heavy atom. The number of amidine groups is 1. The zero-order valence-electron chi connectivity index (χ0n) is 14.6. The van der Waals surface area contributed by atoms with Crippen LogP contribution in [0.4, 0.5) is 0 Å². The third-order valence-electron chi connectivity index (χ3n) is 4.46. The van der Waals surface area contributed by atoms with Crippen molar-refractivity contribution < 1.29 is 14.4 Å². The molecule has 0 saturated carbocycles. The van der Waals surface area contributed by atoms with Crippen molar-refractivity contribution >= 4 is 16.7 Å². The maximum Gasteiger partial charge on any atom is 0.188 e. The average molecular weight is 362 g/mol. The third-order valence-corrected chi connectivity index (χ3v) is 4.46. The van der Waals surface area contributed by atoms with Crippen LogP contribution in [0.3, 0.4) is 0 Å². The zero-order chi connectivity index (χ0) is 18.8. The van der Waals surface area contributed by atoms with E-state index < -0.39 is 0 Å². The van der Waals surface area contributed by atoms with Gasteiger partial charge in [0.15, 0.2) is 5.84 Å². The van der Waals surface area contributed by atoms with Crippen LogP contribution >= 0.6 is 0 Å². The van der Waals surface area contributed by atoms with Gasteiger partial charge in [0.1, 0.15) is 11.4 Å². The Balaban J connectivity index is 1.84. The lowest BCUT2D eigenvalue weighted by molar-refractivity contribution is 0.318. The highest BCUT2D eigenvalue weighted by Crippen LogP contribution is 2.33. The van der Waals surface area contributed by atoms with Crippen molar-refractivity contribution in [2.75, 3.05) is 7.11 Å². The minimum atomic E-state index is -0.0180. The summed E-state index contributed by atoms with van der Waals surface area (Å²) in [6, 6.07) is 13.3. The van der Waals surface area contributed by atoms with Gasteiger partial charge in [-0.3, -0.25) is 0 Å². The number of aromatic amines is 1. The number of hydrogen-bond acceptors (Lipinski definition) is 5. The van der Waals surface area contributed by atoms with E-state index in [2.05, 4.69) is 15.1 Å². The maximum atomic E-state index is 8.89. The van der Waals surface area contributed by atoms with E-state index in [0.29, 0.717) is 12.1 Å². The smallest absolute Gasteiger partial charge is 0.188 e. The first-order valence-electron chi connectivity index (χ1n) is 8.34. The number of benzene rings is 1. The molecule has 0 radical (unpaired) electrons. The summed E-state index contributed by atoms with van der Waals surface area (Å²) in [4.78, 5) is 7.96. The summed E-state index contributed by atoms with van der Waals surface area (Å²) < 4.78 is 10.6. The van der Waals surface area contributed by atoms with Gasteiger partial charge in [0, 0.05) is 34.6 Å². The minimum Gasteiger partial charge on any atom is -0.497 e. The monoisotopic (exact) mass is 362 g/mol. The van der Waals surface area contributed by atoms with Gasteiger partial charge in [0.2, 0.25) is 0 Å². The number of ether oxygens (including phenoxy) is 1. The van der Waals surface area contributed by atoms with Crippen LogP contribution in [-0.2, 0) is 6.42 Å². The van der Waals surface area contributed by atoms with Gasteiger partial charge in [-0.05, 0) is 35.9 Å². The number of rotatable bonds is 5. The van der Waals surface area contributed by atoms with Crippen LogP contribution in [0.5, 0.6) is 5.75 Å². The molecule has 0 aliphatic carbocycles. The van der Waals surface area contributed by atoms with Crippen molar-refractivity contribution in [1.29, 1.82) is 0 Å². The van der Waals surface area contributed by atoms with E-state index >= 15 is 0 Å². The van der Waals surface area contributed by atoms with Crippen LogP contribution in [0.2, 0.25) is 0 Å². The Bertz CT molecular complexity index is 1110. The van der Waals surface area contributed by atoms with Crippen LogP contribution in [0.25, 0.3) is 22.2 Å². The summed E-state index contributed by atoms with van der Waals surface area (Å²) in [6.45, 7) is 0. The number of nitrogens with two attached hydrogens (primary N) is 1. The molecule has 0 saturated heterocycles. The number of H-pyrrole nitrogens is 1. The van der Waals surface area contributed by atoms with E-state index in [4.69, 9.17) is 20.1 Å². The number of pyridine rings is 1. The molecule has 0 atom stereocenters. The van der Waals surface area contributed by atoms with E-state index in [1.54, 1.807) is 25.7 Å². The first kappa shape index (κ1) is 16.7. The standard InChI is InChI=1S/C20H18N4O3/c1-26-14-5-6-15-16(9-13-3-2-4-17(22-13)20(21)24-25)19(23-18(15)10-14)12-7-8-27-11-12/h2-8,10-11,23,25H,9H2,1H3,(H2,21,24). The number of nitrogens with zero attached hydrogens (tertiary/aromatic N) is 2. The summed E-state index contributed by atoms with van der Waals surface area (Å²) in [7, 11) is 1.64. The highest BCUT2D eigenvalue weighted by atomic mass is 16.5. The summed E-state index contributed by atoms with van der Waals surface area (Å²) in [6.07, 6.45) is 3.91. The molecule has 0 amide bonds. The Morgan fingerprint density at radius 1 is 1.30 bits per heavy atom. The second kappa shape index (κ2) is 6.87. The number of furan rings is 1. The number of aromatic nitrogens is 2. The molecule has 1 aromatic carbocycles. The van der Waals surface area contributed by atoms with Gasteiger partial charge in [-0.2, -0.15) is 0 Å². The van der Waals surface area contributed by atoms with E-state index in [1.807, 2.05) is 36.4 Å². The molecule has 3 aromatic heterocycles. The van der Waals surface area contributed by atoms with Crippen molar-refractivity contribution in [2.45, 2.75) is 6.42 Å². The fraction of sp³-hybridized carbons (Fsp3) is 0.100. The summed E-state index contributed by atoms with van der Waals surface area (Å²) >= 11 is 0. The van der Waals surface area contributed by atoms with Gasteiger partial charge >= 0.3 is 0 Å². The molecule has 27 heavy (non-hydrogen) atoms. The Labute approximate surface area is 155 Å². The molecule has 136 valence electrons. The second-order valence-corrected chi connectivity index (χ2v) is 6.08. The summed E-state index contributed by atoms with van der Waals surface area (Å²) in [5.41, 5.74) is 10.9. The summed E-state index contributed by atoms with van der Waals surface area (Å²) in [5, 5.41) is 13.0. The average Bonchev–Trinajstić information content (AvgIpc) is 3.35. The topological polar surface area (TPSA) is 110 Å². The largest absolute Gasteiger partial charge is 0.497 e. The van der Waals surface area contributed by atoms with Crippen molar-refractivity contribution in [3.8, 4) is 17.0 Å². The number of fused-ring (bicyclic) bond motifs is 1. The molecule has 4 rings (SSSR count). The number of methoxy groups -OCH3 is 1. The Kier molecular flexibility index (Phi) is 4.25. The van der Waals surface area contributed by atoms with Gasteiger partial charge in [-0.1, -0.05) is 11.2 Å². The first-order valence-corrected chi connectivity index (χ1v) is 8.34. The van der Waals surface area contributed by atoms with E-state index in [1.165, 1.54) is 0 Å². The molecule has 4 aromatic rings. The molecule has 0 unspecified atom stereocenters. The molecule has 0 aliphatic heterocycles. The van der Waals surface area contributed by atoms with Crippen LogP contribution in [0, 0.1) is 0 Å². The maximum absolute atomic E-state index is 8.89. The van der Waals surface area contributed by atoms with Gasteiger partial charge in [0.05, 0.1) is 25.3 Å². The normalized spacial score (nSPS) is 11.8. The van der Waals surface area contributed by atoms with Crippen molar-refractivity contribution in [2.24, 2.45) is 10.9 Å². The van der Waals surface area contributed by atoms with E-state index in [0.717, 1.165) is 39.2 Å². The van der Waals surface area contributed by atoms with Crippen molar-refractivity contribution in [3.63, 3.8) is 0 Å². The molecule has 0 aliphatic rings. The van der Waals surface area contributed by atoms with Gasteiger partial charge in [0.25, 0.3) is 0 Å². The number of hydrogen-bond donors (Lipinski definition) is 3. The predicted octanol–water partition coefficient (Wildman–Crippen LogP) is 3.52. The highest BCUT2D eigenvalue weighted by molar-refractivity contribution is 5.95. The van der Waals surface area contributed by atoms with E-state index in [-0.39, 0.29) is 5.84 Å². The molecule has 0 spiro atoms. The molecule has 4 N–H and O–H groups in total. The number of oxime groups is 1. The SMILES string of the molecule is COc1ccc2c(Cc3cccc(C(N)=NO)n3)c(-c3ccoc3)[nH]c2c1. The molecule has 0 bridgehead atoms. The van der Waals surface area contributed by atoms with E-state index in [9.17, 15) is 0 Å². The highest BCUT2D eigenvalue weighted by Gasteiger charge is 2.16. The third kappa shape index (κ3) is 3.10. The van der Waals surface area contributed by atoms with Crippen LogP contribution < -0.4 is 10.5 Å². The lowest BCUT2D eigenvalue weighted by Gasteiger charge is -2.06. The van der Waals surface area contributed by atoms with Crippen molar-refractivity contribution in [1.82, 2.24) is 9.97 Å². The summed E-state index contributed by atoms with van der Waals surface area (Å²) in [5.74, 6) is 0.761. The molecule has 7 heteroatoms. The second-order valence-electron chi connectivity index (χ2n) is 6.08. The van der Waals surface area contributed by atoms with Crippen LogP contribution in [0.1, 0.15) is 17.0 Å². The molecule has 7 nitrogen and oxygen atoms in total. The fourth-order valence-corrected chi connectivity index (χ4v) is 3.15. The lowest BCUT2D eigenvalue weighted by Crippen LogP contribution is -2.15. The fourth-order valence-electron chi connectivity index (χ4n) is 3.15. The predicted molar refractivity (Wildman–Crippen MR) is 102 cm³/mol. The zero-order valence-corrected chi connectivity index (χ0v) is 14.6. The van der Waals surface area contributed by atoms with Gasteiger partial charge in [-0.25, -0.2) is 4.98 Å².